The summed E-state index contributed by atoms with van der Waals surface area (Å²) in [5, 5.41) is 0. The molecule has 0 saturated heterocycles. The van der Waals surface area contributed by atoms with Gasteiger partial charge in [-0.15, -0.1) is 0 Å². The van der Waals surface area contributed by atoms with Crippen LogP contribution in [0.3, 0.4) is 0 Å². The summed E-state index contributed by atoms with van der Waals surface area (Å²) in [5.74, 6) is -4.02. The van der Waals surface area contributed by atoms with E-state index in [1.54, 1.807) is 18.2 Å². The molecule has 0 aliphatic heterocycles. The number of methoxy groups -OCH3 is 1. The van der Waals surface area contributed by atoms with E-state index in [1.807, 2.05) is 0 Å². The van der Waals surface area contributed by atoms with E-state index < -0.39 is 34.8 Å². The molecule has 0 unspecified atom stereocenters. The highest BCUT2D eigenvalue weighted by molar-refractivity contribution is 5.87. The van der Waals surface area contributed by atoms with Gasteiger partial charge in [-0.2, -0.15) is 0 Å². The minimum Gasteiger partial charge on any atom is -0.469 e. The van der Waals surface area contributed by atoms with Crippen molar-refractivity contribution in [3.05, 3.63) is 89.0 Å². The van der Waals surface area contributed by atoms with Crippen LogP contribution in [0.1, 0.15) is 11.1 Å². The Morgan fingerprint density at radius 2 is 1.48 bits per heavy atom. The number of benzene rings is 3. The van der Waals surface area contributed by atoms with Crippen LogP contribution in [0, 0.1) is 23.3 Å². The number of fused-ring (bicyclic) bond motifs is 1. The van der Waals surface area contributed by atoms with Gasteiger partial charge in [0, 0.05) is 5.56 Å². The SMILES string of the molecule is COC(=O)Cc1cccc2c1nc(-c1c(F)cccc1F)n2Cc1c(F)cccc1F. The lowest BCUT2D eigenvalue weighted by molar-refractivity contribution is -0.139. The molecule has 0 N–H and O–H groups in total. The van der Waals surface area contributed by atoms with Crippen LogP contribution >= 0.6 is 0 Å². The van der Waals surface area contributed by atoms with Crippen LogP contribution in [0.25, 0.3) is 22.4 Å². The van der Waals surface area contributed by atoms with Crippen LogP contribution < -0.4 is 0 Å². The van der Waals surface area contributed by atoms with E-state index in [9.17, 15) is 22.4 Å². The number of nitrogens with zero attached hydrogens (tertiary/aromatic N) is 2. The van der Waals surface area contributed by atoms with E-state index in [1.165, 1.54) is 23.8 Å². The fraction of sp³-hybridized carbons (Fsp3) is 0.130. The number of carbonyl (C=O) groups excluding carboxylic acids is 1. The van der Waals surface area contributed by atoms with Crippen molar-refractivity contribution in [3.8, 4) is 11.4 Å². The largest absolute Gasteiger partial charge is 0.469 e. The molecule has 0 bridgehead atoms. The van der Waals surface area contributed by atoms with Crippen LogP contribution in [-0.4, -0.2) is 22.6 Å². The number of hydrogen-bond acceptors (Lipinski definition) is 3. The molecule has 0 saturated carbocycles. The Hall–Kier alpha value is -3.68. The maximum absolute atomic E-state index is 14.6. The molecule has 0 aliphatic rings. The van der Waals surface area contributed by atoms with Crippen molar-refractivity contribution in [2.75, 3.05) is 7.11 Å². The summed E-state index contributed by atoms with van der Waals surface area (Å²) in [7, 11) is 1.24. The number of aromatic nitrogens is 2. The first kappa shape index (κ1) is 20.6. The summed E-state index contributed by atoms with van der Waals surface area (Å²) < 4.78 is 63.9. The molecule has 1 heterocycles. The topological polar surface area (TPSA) is 44.1 Å². The Balaban J connectivity index is 2.00. The van der Waals surface area contributed by atoms with Crippen LogP contribution in [-0.2, 0) is 22.5 Å². The third-order valence-electron chi connectivity index (χ3n) is 4.99. The van der Waals surface area contributed by atoms with E-state index >= 15 is 0 Å². The molecule has 0 fully saturated rings. The van der Waals surface area contributed by atoms with Crippen molar-refractivity contribution < 1.29 is 27.1 Å². The number of para-hydroxylation sites is 1. The zero-order chi connectivity index (χ0) is 22.1. The fourth-order valence-corrected chi connectivity index (χ4v) is 3.48. The van der Waals surface area contributed by atoms with Crippen LogP contribution in [0.2, 0.25) is 0 Å². The Bertz CT molecular complexity index is 1260. The number of imidazole rings is 1. The average Bonchev–Trinajstić information content (AvgIpc) is 3.09. The highest BCUT2D eigenvalue weighted by atomic mass is 19.1. The summed E-state index contributed by atoms with van der Waals surface area (Å²) in [6.45, 7) is -0.361. The first-order valence-electron chi connectivity index (χ1n) is 9.33. The van der Waals surface area contributed by atoms with Crippen LogP contribution in [0.4, 0.5) is 17.6 Å². The van der Waals surface area contributed by atoms with Gasteiger partial charge in [-0.05, 0) is 35.9 Å². The number of halogens is 4. The number of rotatable bonds is 5. The predicted molar refractivity (Wildman–Crippen MR) is 106 cm³/mol. The lowest BCUT2D eigenvalue weighted by atomic mass is 10.1. The molecular formula is C23H16F4N2O2. The monoisotopic (exact) mass is 428 g/mol. The molecule has 8 heteroatoms. The summed E-state index contributed by atoms with van der Waals surface area (Å²) in [6.07, 6.45) is -0.127. The van der Waals surface area contributed by atoms with Crippen molar-refractivity contribution >= 4 is 17.0 Å². The van der Waals surface area contributed by atoms with Crippen LogP contribution in [0.5, 0.6) is 0 Å². The molecule has 4 aromatic rings. The number of ether oxygens (including phenoxy) is 1. The second-order valence-corrected chi connectivity index (χ2v) is 6.86. The minimum atomic E-state index is -0.875. The molecular weight excluding hydrogens is 412 g/mol. The predicted octanol–water partition coefficient (Wildman–Crippen LogP) is 5.02. The first-order chi connectivity index (χ1) is 14.9. The van der Waals surface area contributed by atoms with Gasteiger partial charge in [-0.25, -0.2) is 22.5 Å². The first-order valence-corrected chi connectivity index (χ1v) is 9.33. The molecule has 0 amide bonds. The lowest BCUT2D eigenvalue weighted by Gasteiger charge is -2.12. The van der Waals surface area contributed by atoms with Gasteiger partial charge in [-0.3, -0.25) is 4.79 Å². The van der Waals surface area contributed by atoms with Crippen molar-refractivity contribution in [1.82, 2.24) is 9.55 Å². The summed E-state index contributed by atoms with van der Waals surface area (Å²) in [6, 6.07) is 11.6. The third kappa shape index (κ3) is 3.76. The van der Waals surface area contributed by atoms with E-state index in [2.05, 4.69) is 4.98 Å². The van der Waals surface area contributed by atoms with Crippen molar-refractivity contribution in [2.45, 2.75) is 13.0 Å². The molecule has 4 nitrogen and oxygen atoms in total. The van der Waals surface area contributed by atoms with Crippen molar-refractivity contribution in [1.29, 1.82) is 0 Å². The Labute approximate surface area is 174 Å². The molecule has 3 aromatic carbocycles. The summed E-state index contributed by atoms with van der Waals surface area (Å²) in [5.41, 5.74) is 0.386. The van der Waals surface area contributed by atoms with Gasteiger partial charge in [0.25, 0.3) is 0 Å². The smallest absolute Gasteiger partial charge is 0.310 e. The second kappa shape index (κ2) is 8.22. The third-order valence-corrected chi connectivity index (χ3v) is 4.99. The van der Waals surface area contributed by atoms with Crippen molar-refractivity contribution in [3.63, 3.8) is 0 Å². The molecule has 31 heavy (non-hydrogen) atoms. The summed E-state index contributed by atoms with van der Waals surface area (Å²) in [4.78, 5) is 16.2. The fourth-order valence-electron chi connectivity index (χ4n) is 3.48. The van der Waals surface area contributed by atoms with Gasteiger partial charge >= 0.3 is 5.97 Å². The molecule has 1 aromatic heterocycles. The van der Waals surface area contributed by atoms with Gasteiger partial charge < -0.3 is 9.30 Å². The van der Waals surface area contributed by atoms with Gasteiger partial charge in [-0.1, -0.05) is 24.3 Å². The van der Waals surface area contributed by atoms with Crippen LogP contribution in [0.15, 0.2) is 54.6 Å². The molecule has 4 rings (SSSR count). The normalized spacial score (nSPS) is 11.1. The summed E-state index contributed by atoms with van der Waals surface area (Å²) >= 11 is 0. The maximum atomic E-state index is 14.6. The molecule has 0 atom stereocenters. The Morgan fingerprint density at radius 1 is 0.903 bits per heavy atom. The van der Waals surface area contributed by atoms with Gasteiger partial charge in [0.05, 0.1) is 36.7 Å². The quantitative estimate of drug-likeness (QED) is 0.331. The maximum Gasteiger partial charge on any atom is 0.310 e. The zero-order valence-electron chi connectivity index (χ0n) is 16.3. The lowest BCUT2D eigenvalue weighted by Crippen LogP contribution is -2.08. The van der Waals surface area contributed by atoms with E-state index in [0.29, 0.717) is 11.1 Å². The highest BCUT2D eigenvalue weighted by Gasteiger charge is 2.23. The molecule has 0 radical (unpaired) electrons. The van der Waals surface area contributed by atoms with Gasteiger partial charge in [0.15, 0.2) is 0 Å². The van der Waals surface area contributed by atoms with E-state index in [4.69, 9.17) is 4.74 Å². The van der Waals surface area contributed by atoms with E-state index in [0.717, 1.165) is 24.3 Å². The molecule has 0 spiro atoms. The standard InChI is InChI=1S/C23H16F4N2O2/c1-31-20(30)11-13-5-2-10-19-22(13)28-23(21-17(26)8-4-9-18(21)27)29(19)12-14-15(24)6-3-7-16(14)25/h2-10H,11-12H2,1H3. The minimum absolute atomic E-state index is 0.127. The number of esters is 1. The Kier molecular flexibility index (Phi) is 5.46. The average molecular weight is 428 g/mol. The molecule has 158 valence electrons. The highest BCUT2D eigenvalue weighted by Crippen LogP contribution is 2.32. The van der Waals surface area contributed by atoms with E-state index in [-0.39, 0.29) is 29.9 Å². The second-order valence-electron chi connectivity index (χ2n) is 6.86. The van der Waals surface area contributed by atoms with Gasteiger partial charge in [0.1, 0.15) is 29.1 Å². The Morgan fingerprint density at radius 3 is 2.10 bits per heavy atom. The zero-order valence-corrected chi connectivity index (χ0v) is 16.3. The molecule has 0 aliphatic carbocycles. The van der Waals surface area contributed by atoms with Crippen molar-refractivity contribution in [2.24, 2.45) is 0 Å². The number of hydrogen-bond donors (Lipinski definition) is 0. The number of carbonyl (C=O) groups is 1. The van der Waals surface area contributed by atoms with Gasteiger partial charge in [0.2, 0.25) is 0 Å².